The van der Waals surface area contributed by atoms with Gasteiger partial charge in [-0.15, -0.1) is 0 Å². The van der Waals surface area contributed by atoms with E-state index in [0.29, 0.717) is 12.2 Å². The molecule has 2 aromatic rings. The second kappa shape index (κ2) is 6.79. The van der Waals surface area contributed by atoms with Crippen molar-refractivity contribution in [1.82, 2.24) is 4.57 Å². The van der Waals surface area contributed by atoms with Crippen LogP contribution in [0, 0.1) is 23.1 Å². The maximum Gasteiger partial charge on any atom is 0.123 e. The van der Waals surface area contributed by atoms with Crippen molar-refractivity contribution in [2.75, 3.05) is 0 Å². The largest absolute Gasteiger partial charge is 0.332 e. The van der Waals surface area contributed by atoms with Gasteiger partial charge in [0.2, 0.25) is 0 Å². The molecule has 1 aromatic heterocycles. The van der Waals surface area contributed by atoms with Crippen LogP contribution in [-0.4, -0.2) is 4.57 Å². The third-order valence-corrected chi connectivity index (χ3v) is 4.66. The van der Waals surface area contributed by atoms with Gasteiger partial charge in [-0.3, -0.25) is 0 Å². The number of hydrogen-bond donors (Lipinski definition) is 0. The van der Waals surface area contributed by atoms with Gasteiger partial charge in [-0.1, -0.05) is 44.2 Å². The normalized spacial score (nSPS) is 15.6. The Labute approximate surface area is 131 Å². The first-order chi connectivity index (χ1) is 10.8. The van der Waals surface area contributed by atoms with E-state index in [-0.39, 0.29) is 5.82 Å². The van der Waals surface area contributed by atoms with Crippen LogP contribution in [0.4, 0.5) is 4.39 Å². The van der Waals surface area contributed by atoms with E-state index in [9.17, 15) is 9.65 Å². The lowest BCUT2D eigenvalue weighted by molar-refractivity contribution is 0.351. The van der Waals surface area contributed by atoms with Gasteiger partial charge in [0.15, 0.2) is 0 Å². The van der Waals surface area contributed by atoms with E-state index in [1.54, 1.807) is 12.1 Å². The minimum absolute atomic E-state index is 0.223. The second-order valence-electron chi connectivity index (χ2n) is 6.24. The summed E-state index contributed by atoms with van der Waals surface area (Å²) in [6.07, 6.45) is 7.65. The Balaban J connectivity index is 1.80. The first-order valence-corrected chi connectivity index (χ1v) is 8.09. The van der Waals surface area contributed by atoms with Crippen molar-refractivity contribution in [2.24, 2.45) is 5.92 Å². The zero-order valence-electron chi connectivity index (χ0n) is 12.8. The highest BCUT2D eigenvalue weighted by atomic mass is 19.1. The minimum atomic E-state index is -0.223. The Morgan fingerprint density at radius 1 is 1.05 bits per heavy atom. The molecule has 1 aliphatic carbocycles. The van der Waals surface area contributed by atoms with Gasteiger partial charge in [0.1, 0.15) is 17.6 Å². The van der Waals surface area contributed by atoms with Gasteiger partial charge < -0.3 is 4.57 Å². The summed E-state index contributed by atoms with van der Waals surface area (Å²) in [5.74, 6) is 0.515. The maximum atomic E-state index is 13.0. The zero-order chi connectivity index (χ0) is 15.4. The number of benzene rings is 1. The first kappa shape index (κ1) is 14.8. The summed E-state index contributed by atoms with van der Waals surface area (Å²) in [5, 5.41) is 9.33. The Morgan fingerprint density at radius 2 is 1.77 bits per heavy atom. The van der Waals surface area contributed by atoms with E-state index in [4.69, 9.17) is 0 Å². The van der Waals surface area contributed by atoms with E-state index in [1.165, 1.54) is 49.9 Å². The van der Waals surface area contributed by atoms with Gasteiger partial charge in [-0.25, -0.2) is 4.39 Å². The van der Waals surface area contributed by atoms with Crippen molar-refractivity contribution in [2.45, 2.75) is 45.1 Å². The molecular weight excluding hydrogens is 275 g/mol. The summed E-state index contributed by atoms with van der Waals surface area (Å²) < 4.78 is 15.1. The Hall–Kier alpha value is -2.08. The van der Waals surface area contributed by atoms with Crippen LogP contribution in [0.25, 0.3) is 0 Å². The standard InChI is InChI=1S/C19H21FN2/c20-17-8-6-16(7-9-17)14-22-18(10-11-19(22)13-21)12-15-4-2-1-3-5-15/h6-11,15H,1-5,12,14H2. The first-order valence-electron chi connectivity index (χ1n) is 8.09. The smallest absolute Gasteiger partial charge is 0.123 e. The molecule has 1 saturated carbocycles. The maximum absolute atomic E-state index is 13.0. The van der Waals surface area contributed by atoms with Gasteiger partial charge in [0.25, 0.3) is 0 Å². The van der Waals surface area contributed by atoms with Crippen molar-refractivity contribution < 1.29 is 4.39 Å². The molecule has 0 saturated heterocycles. The highest BCUT2D eigenvalue weighted by Gasteiger charge is 2.17. The summed E-state index contributed by atoms with van der Waals surface area (Å²) in [6, 6.07) is 12.8. The average molecular weight is 296 g/mol. The number of aromatic nitrogens is 1. The predicted molar refractivity (Wildman–Crippen MR) is 84.9 cm³/mol. The summed E-state index contributed by atoms with van der Waals surface area (Å²) >= 11 is 0. The third-order valence-electron chi connectivity index (χ3n) is 4.66. The monoisotopic (exact) mass is 296 g/mol. The fraction of sp³-hybridized carbons (Fsp3) is 0.421. The van der Waals surface area contributed by atoms with Gasteiger partial charge >= 0.3 is 0 Å². The van der Waals surface area contributed by atoms with Crippen LogP contribution in [0.2, 0.25) is 0 Å². The Morgan fingerprint density at radius 3 is 2.45 bits per heavy atom. The number of hydrogen-bond acceptors (Lipinski definition) is 1. The second-order valence-corrected chi connectivity index (χ2v) is 6.24. The Kier molecular flexibility index (Phi) is 4.58. The molecular formula is C19H21FN2. The van der Waals surface area contributed by atoms with Crippen LogP contribution in [0.1, 0.15) is 49.1 Å². The summed E-state index contributed by atoms with van der Waals surface area (Å²) in [7, 11) is 0. The molecule has 0 atom stereocenters. The molecule has 0 aliphatic heterocycles. The zero-order valence-corrected chi connectivity index (χ0v) is 12.8. The van der Waals surface area contributed by atoms with Crippen LogP contribution >= 0.6 is 0 Å². The van der Waals surface area contributed by atoms with Gasteiger partial charge in [-0.2, -0.15) is 5.26 Å². The number of halogens is 1. The highest BCUT2D eigenvalue weighted by Crippen LogP contribution is 2.27. The molecule has 0 N–H and O–H groups in total. The van der Waals surface area contributed by atoms with Gasteiger partial charge in [0, 0.05) is 12.2 Å². The predicted octanol–water partition coefficient (Wildman–Crippen LogP) is 4.67. The van der Waals surface area contributed by atoms with Crippen molar-refractivity contribution >= 4 is 0 Å². The van der Waals surface area contributed by atoms with E-state index < -0.39 is 0 Å². The molecule has 1 aromatic carbocycles. The van der Waals surface area contributed by atoms with E-state index >= 15 is 0 Å². The summed E-state index contributed by atoms with van der Waals surface area (Å²) in [6.45, 7) is 0.637. The molecule has 0 bridgehead atoms. The van der Waals surface area contributed by atoms with Gasteiger partial charge in [0.05, 0.1) is 0 Å². The van der Waals surface area contributed by atoms with E-state index in [2.05, 4.69) is 16.7 Å². The van der Waals surface area contributed by atoms with Crippen LogP contribution < -0.4 is 0 Å². The molecule has 114 valence electrons. The summed E-state index contributed by atoms with van der Waals surface area (Å²) in [4.78, 5) is 0. The fourth-order valence-electron chi connectivity index (χ4n) is 3.43. The van der Waals surface area contributed by atoms with Crippen molar-refractivity contribution in [1.29, 1.82) is 5.26 Å². The SMILES string of the molecule is N#Cc1ccc(CC2CCCCC2)n1Cc1ccc(F)cc1. The molecule has 22 heavy (non-hydrogen) atoms. The number of rotatable bonds is 4. The van der Waals surface area contributed by atoms with E-state index in [1.807, 2.05) is 6.07 Å². The molecule has 3 rings (SSSR count). The van der Waals surface area contributed by atoms with Crippen molar-refractivity contribution in [3.8, 4) is 6.07 Å². The van der Waals surface area contributed by atoms with Crippen LogP contribution in [0.15, 0.2) is 36.4 Å². The molecule has 1 aliphatic rings. The Bertz CT molecular complexity index is 658. The lowest BCUT2D eigenvalue weighted by Crippen LogP contribution is -2.14. The van der Waals surface area contributed by atoms with Crippen LogP contribution in [0.5, 0.6) is 0 Å². The molecule has 3 heteroatoms. The van der Waals surface area contributed by atoms with E-state index in [0.717, 1.165) is 17.9 Å². The molecule has 2 nitrogen and oxygen atoms in total. The van der Waals surface area contributed by atoms with Crippen molar-refractivity contribution in [3.05, 3.63) is 59.2 Å². The lowest BCUT2D eigenvalue weighted by Gasteiger charge is -2.22. The molecule has 1 fully saturated rings. The lowest BCUT2D eigenvalue weighted by atomic mass is 9.86. The molecule has 1 heterocycles. The highest BCUT2D eigenvalue weighted by molar-refractivity contribution is 5.29. The minimum Gasteiger partial charge on any atom is -0.332 e. The average Bonchev–Trinajstić information content (AvgIpc) is 2.92. The third kappa shape index (κ3) is 3.39. The molecule has 0 unspecified atom stereocenters. The van der Waals surface area contributed by atoms with Gasteiger partial charge in [-0.05, 0) is 42.2 Å². The topological polar surface area (TPSA) is 28.7 Å². The van der Waals surface area contributed by atoms with Crippen molar-refractivity contribution in [3.63, 3.8) is 0 Å². The van der Waals surface area contributed by atoms with Crippen LogP contribution in [0.3, 0.4) is 0 Å². The summed E-state index contributed by atoms with van der Waals surface area (Å²) in [5.41, 5.74) is 2.95. The number of nitriles is 1. The fourth-order valence-corrected chi connectivity index (χ4v) is 3.43. The molecule has 0 radical (unpaired) electrons. The quantitative estimate of drug-likeness (QED) is 0.806. The molecule has 0 amide bonds. The molecule has 0 spiro atoms. The number of nitrogens with zero attached hydrogens (tertiary/aromatic N) is 2. The van der Waals surface area contributed by atoms with Crippen LogP contribution in [-0.2, 0) is 13.0 Å².